The molecule has 0 aromatic heterocycles. The first-order valence-electron chi connectivity index (χ1n) is 3.81. The summed E-state index contributed by atoms with van der Waals surface area (Å²) in [5.41, 5.74) is 5.15. The smallest absolute Gasteiger partial charge is 0.314 e. The zero-order valence-corrected chi connectivity index (χ0v) is 8.28. The molecule has 3 N–H and O–H groups in total. The molecule has 0 radical (unpaired) electrons. The molecule has 1 heterocycles. The van der Waals surface area contributed by atoms with Gasteiger partial charge in [-0.3, -0.25) is 0 Å². The first-order chi connectivity index (χ1) is 5.01. The molecule has 0 aromatic carbocycles. The lowest BCUT2D eigenvalue weighted by Gasteiger charge is -2.38. The number of primary amides is 1. The Morgan fingerprint density at radius 3 is 2.50 bits per heavy atom. The lowest BCUT2D eigenvalue weighted by molar-refractivity contribution is 0.162. The van der Waals surface area contributed by atoms with Crippen LogP contribution >= 0.6 is 12.4 Å². The molecule has 1 saturated heterocycles. The number of halogens is 1. The molecule has 12 heavy (non-hydrogen) atoms. The first kappa shape index (κ1) is 11.5. The fourth-order valence-electron chi connectivity index (χ4n) is 1.33. The van der Waals surface area contributed by atoms with Crippen molar-refractivity contribution in [3.05, 3.63) is 0 Å². The number of nitrogens with zero attached hydrogens (tertiary/aromatic N) is 1. The Morgan fingerprint density at radius 2 is 2.17 bits per heavy atom. The number of piperazine rings is 1. The number of hydrogen-bond acceptors (Lipinski definition) is 2. The maximum absolute atomic E-state index is 10.8. The molecule has 0 saturated carbocycles. The van der Waals surface area contributed by atoms with Gasteiger partial charge in [-0.05, 0) is 13.8 Å². The summed E-state index contributed by atoms with van der Waals surface area (Å²) in [6, 6.07) is -0.320. The average molecular weight is 194 g/mol. The lowest BCUT2D eigenvalue weighted by Crippen LogP contribution is -2.59. The molecule has 1 fully saturated rings. The average Bonchev–Trinajstić information content (AvgIpc) is 1.85. The summed E-state index contributed by atoms with van der Waals surface area (Å²) in [5.74, 6) is 0. The zero-order chi connectivity index (χ0) is 8.48. The molecule has 0 aromatic rings. The van der Waals surface area contributed by atoms with Gasteiger partial charge in [0.1, 0.15) is 0 Å². The monoisotopic (exact) mass is 193 g/mol. The second-order valence-electron chi connectivity index (χ2n) is 3.57. The Hall–Kier alpha value is -0.480. The molecular formula is C7H16ClN3O. The quantitative estimate of drug-likeness (QED) is 0.577. The Balaban J connectivity index is 0.00000121. The van der Waals surface area contributed by atoms with Crippen LogP contribution in [-0.2, 0) is 0 Å². The fourth-order valence-corrected chi connectivity index (χ4v) is 1.33. The minimum atomic E-state index is -0.320. The number of carbonyl (C=O) groups excluding carboxylic acids is 1. The Bertz CT molecular complexity index is 172. The minimum absolute atomic E-state index is 0. The van der Waals surface area contributed by atoms with Gasteiger partial charge < -0.3 is 16.0 Å². The van der Waals surface area contributed by atoms with E-state index in [1.165, 1.54) is 0 Å². The normalized spacial score (nSPS) is 21.3. The van der Waals surface area contributed by atoms with E-state index in [2.05, 4.69) is 19.2 Å². The van der Waals surface area contributed by atoms with Crippen molar-refractivity contribution in [3.63, 3.8) is 0 Å². The number of nitrogens with two attached hydrogens (primary N) is 1. The standard InChI is InChI=1S/C7H15N3O.ClH/c1-7(2)5-10(6(8)11)4-3-9-7;/h9H,3-5H2,1-2H3,(H2,8,11);1H. The summed E-state index contributed by atoms with van der Waals surface area (Å²) in [5, 5.41) is 3.29. The second-order valence-corrected chi connectivity index (χ2v) is 3.57. The Labute approximate surface area is 78.9 Å². The van der Waals surface area contributed by atoms with Crippen molar-refractivity contribution < 1.29 is 4.79 Å². The maximum atomic E-state index is 10.8. The highest BCUT2D eigenvalue weighted by molar-refractivity contribution is 5.85. The summed E-state index contributed by atoms with van der Waals surface area (Å²) in [4.78, 5) is 12.4. The van der Waals surface area contributed by atoms with Crippen LogP contribution in [0.1, 0.15) is 13.8 Å². The number of carbonyl (C=O) groups is 1. The van der Waals surface area contributed by atoms with Crippen LogP contribution in [0.3, 0.4) is 0 Å². The first-order valence-corrected chi connectivity index (χ1v) is 3.81. The molecule has 1 rings (SSSR count). The van der Waals surface area contributed by atoms with Crippen LogP contribution in [0.2, 0.25) is 0 Å². The van der Waals surface area contributed by atoms with Crippen LogP contribution < -0.4 is 11.1 Å². The third-order valence-corrected chi connectivity index (χ3v) is 1.88. The van der Waals surface area contributed by atoms with Crippen molar-refractivity contribution in [1.82, 2.24) is 10.2 Å². The second kappa shape index (κ2) is 3.96. The summed E-state index contributed by atoms with van der Waals surface area (Å²) in [6.07, 6.45) is 0. The van der Waals surface area contributed by atoms with Gasteiger partial charge >= 0.3 is 6.03 Å². The Morgan fingerprint density at radius 1 is 1.58 bits per heavy atom. The van der Waals surface area contributed by atoms with E-state index < -0.39 is 0 Å². The van der Waals surface area contributed by atoms with Gasteiger partial charge in [-0.15, -0.1) is 12.4 Å². The van der Waals surface area contributed by atoms with E-state index in [4.69, 9.17) is 5.73 Å². The number of amides is 2. The molecule has 5 heteroatoms. The predicted octanol–water partition coefficient (Wildman–Crippen LogP) is 0.171. The number of urea groups is 1. The minimum Gasteiger partial charge on any atom is -0.351 e. The molecule has 0 aliphatic carbocycles. The molecule has 1 aliphatic rings. The van der Waals surface area contributed by atoms with E-state index in [-0.39, 0.29) is 24.0 Å². The molecular weight excluding hydrogens is 178 g/mol. The molecule has 2 amide bonds. The van der Waals surface area contributed by atoms with Gasteiger partial charge in [0.2, 0.25) is 0 Å². The van der Waals surface area contributed by atoms with Crippen molar-refractivity contribution >= 4 is 18.4 Å². The lowest BCUT2D eigenvalue weighted by atomic mass is 10.0. The maximum Gasteiger partial charge on any atom is 0.314 e. The zero-order valence-electron chi connectivity index (χ0n) is 7.46. The van der Waals surface area contributed by atoms with Gasteiger partial charge in [-0.25, -0.2) is 4.79 Å². The van der Waals surface area contributed by atoms with E-state index in [1.807, 2.05) is 0 Å². The molecule has 0 bridgehead atoms. The third-order valence-electron chi connectivity index (χ3n) is 1.88. The largest absolute Gasteiger partial charge is 0.351 e. The van der Waals surface area contributed by atoms with Crippen molar-refractivity contribution in [1.29, 1.82) is 0 Å². The molecule has 0 spiro atoms. The molecule has 0 unspecified atom stereocenters. The number of rotatable bonds is 0. The van der Waals surface area contributed by atoms with Crippen LogP contribution in [0.25, 0.3) is 0 Å². The van der Waals surface area contributed by atoms with E-state index in [1.54, 1.807) is 4.90 Å². The summed E-state index contributed by atoms with van der Waals surface area (Å²) < 4.78 is 0. The topological polar surface area (TPSA) is 58.4 Å². The number of hydrogen-bond donors (Lipinski definition) is 2. The molecule has 72 valence electrons. The summed E-state index contributed by atoms with van der Waals surface area (Å²) in [7, 11) is 0. The van der Waals surface area contributed by atoms with Gasteiger partial charge in [0.25, 0.3) is 0 Å². The molecule has 0 atom stereocenters. The van der Waals surface area contributed by atoms with Crippen molar-refractivity contribution in [2.24, 2.45) is 5.73 Å². The van der Waals surface area contributed by atoms with Gasteiger partial charge in [0, 0.05) is 25.2 Å². The van der Waals surface area contributed by atoms with Gasteiger partial charge in [0.05, 0.1) is 0 Å². The summed E-state index contributed by atoms with van der Waals surface area (Å²) >= 11 is 0. The van der Waals surface area contributed by atoms with Crippen molar-refractivity contribution in [2.75, 3.05) is 19.6 Å². The van der Waals surface area contributed by atoms with Crippen molar-refractivity contribution in [3.8, 4) is 0 Å². The van der Waals surface area contributed by atoms with Crippen LogP contribution in [0.4, 0.5) is 4.79 Å². The molecule has 1 aliphatic heterocycles. The van der Waals surface area contributed by atoms with E-state index in [0.29, 0.717) is 6.54 Å². The molecule has 4 nitrogen and oxygen atoms in total. The SMILES string of the molecule is CC1(C)CN(C(N)=O)CCN1.Cl. The van der Waals surface area contributed by atoms with Gasteiger partial charge in [-0.1, -0.05) is 0 Å². The highest BCUT2D eigenvalue weighted by Crippen LogP contribution is 2.08. The van der Waals surface area contributed by atoms with E-state index in [9.17, 15) is 4.79 Å². The van der Waals surface area contributed by atoms with Crippen LogP contribution in [0.5, 0.6) is 0 Å². The van der Waals surface area contributed by atoms with Crippen LogP contribution in [0, 0.1) is 0 Å². The fraction of sp³-hybridized carbons (Fsp3) is 0.857. The van der Waals surface area contributed by atoms with E-state index >= 15 is 0 Å². The van der Waals surface area contributed by atoms with Crippen LogP contribution in [0.15, 0.2) is 0 Å². The van der Waals surface area contributed by atoms with Gasteiger partial charge in [0.15, 0.2) is 0 Å². The van der Waals surface area contributed by atoms with Crippen molar-refractivity contribution in [2.45, 2.75) is 19.4 Å². The number of nitrogens with one attached hydrogen (secondary N) is 1. The Kier molecular flexibility index (Phi) is 3.80. The van der Waals surface area contributed by atoms with Crippen LogP contribution in [-0.4, -0.2) is 36.1 Å². The highest BCUT2D eigenvalue weighted by atomic mass is 35.5. The highest BCUT2D eigenvalue weighted by Gasteiger charge is 2.26. The predicted molar refractivity (Wildman–Crippen MR) is 50.5 cm³/mol. The third kappa shape index (κ3) is 2.87. The summed E-state index contributed by atoms with van der Waals surface area (Å²) in [6.45, 7) is 6.36. The van der Waals surface area contributed by atoms with E-state index in [0.717, 1.165) is 13.1 Å². The van der Waals surface area contributed by atoms with Gasteiger partial charge in [-0.2, -0.15) is 0 Å².